The van der Waals surface area contributed by atoms with Gasteiger partial charge < -0.3 is 10.4 Å². The third kappa shape index (κ3) is 6.50. The lowest BCUT2D eigenvalue weighted by Gasteiger charge is -2.19. The number of aryl methyl sites for hydroxylation is 2. The maximum atomic E-state index is 12.3. The molecule has 132 valence electrons. The molecule has 0 saturated heterocycles. The average Bonchev–Trinajstić information content (AvgIpc) is 2.51. The predicted molar refractivity (Wildman–Crippen MR) is 93.2 cm³/mol. The summed E-state index contributed by atoms with van der Waals surface area (Å²) >= 11 is 0. The fourth-order valence-electron chi connectivity index (χ4n) is 2.58. The van der Waals surface area contributed by atoms with E-state index < -0.39 is 5.97 Å². The van der Waals surface area contributed by atoms with Crippen LogP contribution in [0.5, 0.6) is 0 Å². The summed E-state index contributed by atoms with van der Waals surface area (Å²) in [6.45, 7) is 5.48. The number of ketones is 1. The SMILES string of the molecule is CCc1cccc(CC)c1NC(=O)CCN(CC(C)=O)CC(=O)O. The molecule has 0 unspecified atom stereocenters. The predicted octanol–water partition coefficient (Wildman–Crippen LogP) is 2.12. The van der Waals surface area contributed by atoms with Gasteiger partial charge in [-0.15, -0.1) is 0 Å². The molecular formula is C18H26N2O4. The zero-order chi connectivity index (χ0) is 18.1. The van der Waals surface area contributed by atoms with Gasteiger partial charge in [0.05, 0.1) is 13.1 Å². The summed E-state index contributed by atoms with van der Waals surface area (Å²) < 4.78 is 0. The topological polar surface area (TPSA) is 86.7 Å². The quantitative estimate of drug-likeness (QED) is 0.684. The number of nitrogens with one attached hydrogen (secondary N) is 1. The molecule has 0 aromatic heterocycles. The van der Waals surface area contributed by atoms with Crippen molar-refractivity contribution in [2.45, 2.75) is 40.0 Å². The number of hydrogen-bond acceptors (Lipinski definition) is 4. The van der Waals surface area contributed by atoms with Crippen LogP contribution in [0.25, 0.3) is 0 Å². The Balaban J connectivity index is 2.71. The summed E-state index contributed by atoms with van der Waals surface area (Å²) in [4.78, 5) is 35.8. The maximum absolute atomic E-state index is 12.3. The fraction of sp³-hybridized carbons (Fsp3) is 0.500. The van der Waals surface area contributed by atoms with Gasteiger partial charge in [-0.1, -0.05) is 32.0 Å². The number of amides is 1. The molecule has 0 atom stereocenters. The Bertz CT molecular complexity index is 560. The summed E-state index contributed by atoms with van der Waals surface area (Å²) in [6.07, 6.45) is 1.78. The molecule has 24 heavy (non-hydrogen) atoms. The Morgan fingerprint density at radius 2 is 1.67 bits per heavy atom. The van der Waals surface area contributed by atoms with E-state index in [0.717, 1.165) is 29.7 Å². The van der Waals surface area contributed by atoms with Crippen molar-refractivity contribution in [3.63, 3.8) is 0 Å². The van der Waals surface area contributed by atoms with Crippen LogP contribution in [0.15, 0.2) is 18.2 Å². The van der Waals surface area contributed by atoms with E-state index in [9.17, 15) is 14.4 Å². The lowest BCUT2D eigenvalue weighted by molar-refractivity contribution is -0.138. The van der Waals surface area contributed by atoms with Crippen LogP contribution in [-0.2, 0) is 27.2 Å². The number of benzene rings is 1. The third-order valence-electron chi connectivity index (χ3n) is 3.72. The molecule has 1 rings (SSSR count). The largest absolute Gasteiger partial charge is 0.480 e. The van der Waals surface area contributed by atoms with Gasteiger partial charge in [-0.2, -0.15) is 0 Å². The number of carbonyl (C=O) groups is 3. The highest BCUT2D eigenvalue weighted by Gasteiger charge is 2.15. The van der Waals surface area contributed by atoms with E-state index in [4.69, 9.17) is 5.11 Å². The summed E-state index contributed by atoms with van der Waals surface area (Å²) in [7, 11) is 0. The van der Waals surface area contributed by atoms with Crippen LogP contribution in [0.4, 0.5) is 5.69 Å². The summed E-state index contributed by atoms with van der Waals surface area (Å²) in [5.74, 6) is -1.31. The highest BCUT2D eigenvalue weighted by Crippen LogP contribution is 2.22. The molecule has 1 aromatic rings. The normalized spacial score (nSPS) is 10.7. The molecule has 0 fully saturated rings. The van der Waals surface area contributed by atoms with Crippen LogP contribution >= 0.6 is 0 Å². The molecule has 0 aliphatic carbocycles. The van der Waals surface area contributed by atoms with E-state index in [0.29, 0.717) is 0 Å². The number of carbonyl (C=O) groups excluding carboxylic acids is 2. The fourth-order valence-corrected chi connectivity index (χ4v) is 2.58. The van der Waals surface area contributed by atoms with Gasteiger partial charge in [0.15, 0.2) is 0 Å². The zero-order valence-electron chi connectivity index (χ0n) is 14.6. The number of para-hydroxylation sites is 1. The third-order valence-corrected chi connectivity index (χ3v) is 3.72. The maximum Gasteiger partial charge on any atom is 0.317 e. The summed E-state index contributed by atoms with van der Waals surface area (Å²) in [5, 5.41) is 11.8. The zero-order valence-corrected chi connectivity index (χ0v) is 14.6. The number of nitrogens with zero attached hydrogens (tertiary/aromatic N) is 1. The van der Waals surface area contributed by atoms with Gasteiger partial charge in [0.2, 0.25) is 5.91 Å². The van der Waals surface area contributed by atoms with Crippen molar-refractivity contribution in [2.75, 3.05) is 25.0 Å². The molecule has 6 nitrogen and oxygen atoms in total. The van der Waals surface area contributed by atoms with Gasteiger partial charge in [0.25, 0.3) is 0 Å². The second-order valence-corrected chi connectivity index (χ2v) is 5.76. The number of carboxylic acids is 1. The molecule has 0 spiro atoms. The number of hydrogen-bond donors (Lipinski definition) is 2. The van der Waals surface area contributed by atoms with Crippen LogP contribution in [0.3, 0.4) is 0 Å². The molecule has 0 aliphatic heterocycles. The van der Waals surface area contributed by atoms with Crippen LogP contribution in [0.2, 0.25) is 0 Å². The Hall–Kier alpha value is -2.21. The van der Waals surface area contributed by atoms with Gasteiger partial charge in [-0.3, -0.25) is 19.3 Å². The molecule has 0 aliphatic rings. The molecular weight excluding hydrogens is 308 g/mol. The van der Waals surface area contributed by atoms with E-state index in [1.807, 2.05) is 32.0 Å². The minimum atomic E-state index is -1.01. The smallest absolute Gasteiger partial charge is 0.317 e. The Labute approximate surface area is 142 Å². The summed E-state index contributed by atoms with van der Waals surface area (Å²) in [5.41, 5.74) is 3.01. The van der Waals surface area contributed by atoms with Crippen LogP contribution in [0, 0.1) is 0 Å². The second-order valence-electron chi connectivity index (χ2n) is 5.76. The van der Waals surface area contributed by atoms with E-state index in [2.05, 4.69) is 5.32 Å². The lowest BCUT2D eigenvalue weighted by Crippen LogP contribution is -2.36. The minimum Gasteiger partial charge on any atom is -0.480 e. The van der Waals surface area contributed by atoms with Gasteiger partial charge in [0, 0.05) is 18.7 Å². The molecule has 1 amide bonds. The molecule has 0 saturated carbocycles. The van der Waals surface area contributed by atoms with Gasteiger partial charge in [0.1, 0.15) is 5.78 Å². The first kappa shape index (κ1) is 19.8. The standard InChI is InChI=1S/C18H26N2O4/c1-4-14-7-6-8-15(5-2)18(14)19-16(22)9-10-20(11-13(3)21)12-17(23)24/h6-8H,4-5,9-12H2,1-3H3,(H,19,22)(H,23,24). The number of Topliss-reactive ketones (excluding diaryl/α,β-unsaturated/α-hetero) is 1. The Kier molecular flexibility index (Phi) is 8.12. The first-order valence-corrected chi connectivity index (χ1v) is 8.21. The van der Waals surface area contributed by atoms with E-state index in [-0.39, 0.29) is 37.7 Å². The number of carboxylic acid groups (broad SMARTS) is 1. The number of anilines is 1. The summed E-state index contributed by atoms with van der Waals surface area (Å²) in [6, 6.07) is 5.96. The van der Waals surface area contributed by atoms with Gasteiger partial charge in [-0.25, -0.2) is 0 Å². The molecule has 0 radical (unpaired) electrons. The van der Waals surface area contributed by atoms with Crippen molar-refractivity contribution in [2.24, 2.45) is 0 Å². The van der Waals surface area contributed by atoms with Crippen LogP contribution < -0.4 is 5.32 Å². The van der Waals surface area contributed by atoms with Crippen LogP contribution in [0.1, 0.15) is 38.3 Å². The van der Waals surface area contributed by atoms with Gasteiger partial charge in [-0.05, 0) is 30.9 Å². The molecule has 0 bridgehead atoms. The molecule has 1 aromatic carbocycles. The minimum absolute atomic E-state index is 0.0331. The molecule has 6 heteroatoms. The van der Waals surface area contributed by atoms with Crippen molar-refractivity contribution in [3.05, 3.63) is 29.3 Å². The van der Waals surface area contributed by atoms with Crippen LogP contribution in [-0.4, -0.2) is 47.3 Å². The first-order chi connectivity index (χ1) is 11.4. The van der Waals surface area contributed by atoms with Crippen molar-refractivity contribution < 1.29 is 19.5 Å². The van der Waals surface area contributed by atoms with Gasteiger partial charge >= 0.3 is 5.97 Å². The Morgan fingerprint density at radius 1 is 1.08 bits per heavy atom. The lowest BCUT2D eigenvalue weighted by atomic mass is 10.0. The Morgan fingerprint density at radius 3 is 2.12 bits per heavy atom. The van der Waals surface area contributed by atoms with Crippen molar-refractivity contribution in [3.8, 4) is 0 Å². The molecule has 2 N–H and O–H groups in total. The van der Waals surface area contributed by atoms with E-state index in [1.165, 1.54) is 11.8 Å². The highest BCUT2D eigenvalue weighted by atomic mass is 16.4. The highest BCUT2D eigenvalue weighted by molar-refractivity contribution is 5.92. The monoisotopic (exact) mass is 334 g/mol. The van der Waals surface area contributed by atoms with E-state index >= 15 is 0 Å². The second kappa shape index (κ2) is 9.82. The first-order valence-electron chi connectivity index (χ1n) is 8.21. The van der Waals surface area contributed by atoms with Crippen molar-refractivity contribution in [1.82, 2.24) is 4.90 Å². The van der Waals surface area contributed by atoms with Crippen molar-refractivity contribution in [1.29, 1.82) is 0 Å². The van der Waals surface area contributed by atoms with Crippen molar-refractivity contribution >= 4 is 23.3 Å². The number of aliphatic carboxylic acids is 1. The number of rotatable bonds is 10. The average molecular weight is 334 g/mol. The molecule has 0 heterocycles. The van der Waals surface area contributed by atoms with E-state index in [1.54, 1.807) is 0 Å².